The van der Waals surface area contributed by atoms with Crippen molar-refractivity contribution in [3.8, 4) is 0 Å². The third kappa shape index (κ3) is 4.55. The third-order valence-electron chi connectivity index (χ3n) is 3.71. The minimum absolute atomic E-state index is 0.131. The van der Waals surface area contributed by atoms with Crippen LogP contribution in [0, 0.1) is 6.92 Å². The van der Waals surface area contributed by atoms with E-state index >= 15 is 0 Å². The van der Waals surface area contributed by atoms with Gasteiger partial charge < -0.3 is 10.6 Å². The lowest BCUT2D eigenvalue weighted by Crippen LogP contribution is -2.11. The Morgan fingerprint density at radius 3 is 2.19 bits per heavy atom. The Balaban J connectivity index is 1.69. The molecule has 5 nitrogen and oxygen atoms in total. The summed E-state index contributed by atoms with van der Waals surface area (Å²) in [6.07, 6.45) is 0.713. The predicted molar refractivity (Wildman–Crippen MR) is 105 cm³/mol. The standard InChI is InChI=1S/C20H19N3O2S/c1-13-19(26-18(21-13)12-15-6-4-3-5-7-15)20(25)23-17-10-8-16(9-11-17)22-14(2)24/h3-11H,12H2,1-2H3,(H,22,24)(H,23,25). The summed E-state index contributed by atoms with van der Waals surface area (Å²) in [7, 11) is 0. The van der Waals surface area contributed by atoms with Crippen molar-refractivity contribution in [3.05, 3.63) is 75.7 Å². The molecule has 3 rings (SSSR count). The molecule has 0 fully saturated rings. The van der Waals surface area contributed by atoms with Gasteiger partial charge in [-0.25, -0.2) is 4.98 Å². The van der Waals surface area contributed by atoms with Crippen LogP contribution in [-0.4, -0.2) is 16.8 Å². The average molecular weight is 365 g/mol. The second-order valence-electron chi connectivity index (χ2n) is 5.90. The van der Waals surface area contributed by atoms with Crippen LogP contribution in [0.4, 0.5) is 11.4 Å². The maximum atomic E-state index is 12.6. The Bertz CT molecular complexity index is 918. The van der Waals surface area contributed by atoms with E-state index in [-0.39, 0.29) is 11.8 Å². The van der Waals surface area contributed by atoms with Gasteiger partial charge >= 0.3 is 0 Å². The van der Waals surface area contributed by atoms with E-state index < -0.39 is 0 Å². The topological polar surface area (TPSA) is 71.1 Å². The fourth-order valence-electron chi connectivity index (χ4n) is 2.54. The zero-order valence-corrected chi connectivity index (χ0v) is 15.4. The first kappa shape index (κ1) is 17.8. The Kier molecular flexibility index (Phi) is 5.43. The lowest BCUT2D eigenvalue weighted by molar-refractivity contribution is -0.114. The van der Waals surface area contributed by atoms with E-state index in [0.717, 1.165) is 10.7 Å². The second-order valence-corrected chi connectivity index (χ2v) is 6.98. The highest BCUT2D eigenvalue weighted by Gasteiger charge is 2.15. The van der Waals surface area contributed by atoms with E-state index in [2.05, 4.69) is 15.6 Å². The van der Waals surface area contributed by atoms with Crippen molar-refractivity contribution >= 4 is 34.5 Å². The number of benzene rings is 2. The zero-order chi connectivity index (χ0) is 18.5. The first-order valence-corrected chi connectivity index (χ1v) is 9.02. The number of anilines is 2. The molecule has 3 aromatic rings. The van der Waals surface area contributed by atoms with Crippen molar-refractivity contribution < 1.29 is 9.59 Å². The van der Waals surface area contributed by atoms with Crippen molar-refractivity contribution in [1.82, 2.24) is 4.98 Å². The van der Waals surface area contributed by atoms with E-state index in [0.29, 0.717) is 22.7 Å². The number of aromatic nitrogens is 1. The quantitative estimate of drug-likeness (QED) is 0.710. The molecule has 0 spiro atoms. The van der Waals surface area contributed by atoms with Gasteiger partial charge in [-0.1, -0.05) is 30.3 Å². The van der Waals surface area contributed by atoms with E-state index in [1.54, 1.807) is 24.3 Å². The molecule has 0 radical (unpaired) electrons. The molecule has 0 unspecified atom stereocenters. The molecule has 2 aromatic carbocycles. The van der Waals surface area contributed by atoms with Crippen LogP contribution in [0.5, 0.6) is 0 Å². The SMILES string of the molecule is CC(=O)Nc1ccc(NC(=O)c2sc(Cc3ccccc3)nc2C)cc1. The number of nitrogens with zero attached hydrogens (tertiary/aromatic N) is 1. The molecule has 1 aromatic heterocycles. The summed E-state index contributed by atoms with van der Waals surface area (Å²) in [5, 5.41) is 6.49. The van der Waals surface area contributed by atoms with Gasteiger partial charge in [-0.15, -0.1) is 11.3 Å². The van der Waals surface area contributed by atoms with Gasteiger partial charge in [0.1, 0.15) is 4.88 Å². The normalized spacial score (nSPS) is 10.4. The number of hydrogen-bond acceptors (Lipinski definition) is 4. The zero-order valence-electron chi connectivity index (χ0n) is 14.6. The molecule has 0 atom stereocenters. The Labute approximate surface area is 156 Å². The van der Waals surface area contributed by atoms with Gasteiger partial charge in [0.2, 0.25) is 5.91 Å². The molecule has 0 aliphatic rings. The number of amides is 2. The monoisotopic (exact) mass is 365 g/mol. The molecule has 0 bridgehead atoms. The molecule has 26 heavy (non-hydrogen) atoms. The van der Waals surface area contributed by atoms with E-state index in [4.69, 9.17) is 0 Å². The highest BCUT2D eigenvalue weighted by Crippen LogP contribution is 2.22. The summed E-state index contributed by atoms with van der Waals surface area (Å²) in [5.41, 5.74) is 3.26. The van der Waals surface area contributed by atoms with Gasteiger partial charge in [-0.2, -0.15) is 0 Å². The number of hydrogen-bond donors (Lipinski definition) is 2. The lowest BCUT2D eigenvalue weighted by Gasteiger charge is -2.06. The number of nitrogens with one attached hydrogen (secondary N) is 2. The van der Waals surface area contributed by atoms with Crippen LogP contribution in [0.2, 0.25) is 0 Å². The predicted octanol–water partition coefficient (Wildman–Crippen LogP) is 4.25. The van der Waals surface area contributed by atoms with Gasteiger partial charge in [-0.05, 0) is 36.8 Å². The van der Waals surface area contributed by atoms with Gasteiger partial charge in [-0.3, -0.25) is 9.59 Å². The van der Waals surface area contributed by atoms with Gasteiger partial charge in [0.25, 0.3) is 5.91 Å². The maximum absolute atomic E-state index is 12.6. The van der Waals surface area contributed by atoms with E-state index in [9.17, 15) is 9.59 Å². The summed E-state index contributed by atoms with van der Waals surface area (Å²) >= 11 is 1.41. The van der Waals surface area contributed by atoms with Crippen molar-refractivity contribution in [2.45, 2.75) is 20.3 Å². The Hall–Kier alpha value is -2.99. The fourth-order valence-corrected chi connectivity index (χ4v) is 3.53. The van der Waals surface area contributed by atoms with Crippen LogP contribution in [0.1, 0.15) is 32.9 Å². The lowest BCUT2D eigenvalue weighted by atomic mass is 10.2. The van der Waals surface area contributed by atoms with Crippen LogP contribution in [0.3, 0.4) is 0 Å². The van der Waals surface area contributed by atoms with Crippen molar-refractivity contribution in [2.75, 3.05) is 10.6 Å². The van der Waals surface area contributed by atoms with Crippen LogP contribution in [0.15, 0.2) is 54.6 Å². The van der Waals surface area contributed by atoms with Crippen molar-refractivity contribution in [1.29, 1.82) is 0 Å². The van der Waals surface area contributed by atoms with Crippen molar-refractivity contribution in [2.24, 2.45) is 0 Å². The Morgan fingerprint density at radius 1 is 0.962 bits per heavy atom. The van der Waals surface area contributed by atoms with Gasteiger partial charge in [0.05, 0.1) is 10.7 Å². The van der Waals surface area contributed by atoms with Gasteiger partial charge in [0.15, 0.2) is 0 Å². The number of carbonyl (C=O) groups is 2. The van der Waals surface area contributed by atoms with Crippen LogP contribution in [-0.2, 0) is 11.2 Å². The minimum atomic E-state index is -0.174. The molecule has 1 heterocycles. The highest BCUT2D eigenvalue weighted by atomic mass is 32.1. The maximum Gasteiger partial charge on any atom is 0.267 e. The molecule has 2 N–H and O–H groups in total. The molecule has 2 amide bonds. The average Bonchev–Trinajstić information content (AvgIpc) is 2.97. The summed E-state index contributed by atoms with van der Waals surface area (Å²) in [5.74, 6) is -0.306. The smallest absolute Gasteiger partial charge is 0.267 e. The number of thiazole rings is 1. The van der Waals surface area contributed by atoms with Crippen LogP contribution >= 0.6 is 11.3 Å². The summed E-state index contributed by atoms with van der Waals surface area (Å²) in [6, 6.07) is 17.1. The molecular formula is C20H19N3O2S. The van der Waals surface area contributed by atoms with E-state index in [1.807, 2.05) is 37.3 Å². The van der Waals surface area contributed by atoms with E-state index in [1.165, 1.54) is 23.8 Å². The molecule has 0 saturated carbocycles. The summed E-state index contributed by atoms with van der Waals surface area (Å²) < 4.78 is 0. The number of aryl methyl sites for hydroxylation is 1. The van der Waals surface area contributed by atoms with Crippen molar-refractivity contribution in [3.63, 3.8) is 0 Å². The third-order valence-corrected chi connectivity index (χ3v) is 4.86. The largest absolute Gasteiger partial charge is 0.326 e. The fraction of sp³-hybridized carbons (Fsp3) is 0.150. The molecule has 0 aliphatic heterocycles. The first-order chi connectivity index (χ1) is 12.5. The molecule has 0 aliphatic carbocycles. The van der Waals surface area contributed by atoms with Gasteiger partial charge in [0, 0.05) is 24.7 Å². The van der Waals surface area contributed by atoms with Crippen LogP contribution < -0.4 is 10.6 Å². The highest BCUT2D eigenvalue weighted by molar-refractivity contribution is 7.14. The number of rotatable bonds is 5. The number of carbonyl (C=O) groups excluding carboxylic acids is 2. The first-order valence-electron chi connectivity index (χ1n) is 8.20. The molecule has 0 saturated heterocycles. The molecular weight excluding hydrogens is 346 g/mol. The minimum Gasteiger partial charge on any atom is -0.326 e. The van der Waals surface area contributed by atoms with Crippen LogP contribution in [0.25, 0.3) is 0 Å². The summed E-state index contributed by atoms with van der Waals surface area (Å²) in [6.45, 7) is 3.30. The molecule has 6 heteroatoms. The molecule has 132 valence electrons. The summed E-state index contributed by atoms with van der Waals surface area (Å²) in [4.78, 5) is 28.7. The second kappa shape index (κ2) is 7.93. The Morgan fingerprint density at radius 2 is 1.58 bits per heavy atom.